The molecule has 1 amide bonds. The summed E-state index contributed by atoms with van der Waals surface area (Å²) in [7, 11) is -5.80. The average molecular weight is 442 g/mol. The number of carbonyl (C=O) groups is 1. The van der Waals surface area contributed by atoms with Crippen molar-refractivity contribution in [1.82, 2.24) is 4.72 Å². The van der Waals surface area contributed by atoms with Gasteiger partial charge < -0.3 is 0 Å². The van der Waals surface area contributed by atoms with Crippen LogP contribution in [0.4, 0.5) is 0 Å². The van der Waals surface area contributed by atoms with Gasteiger partial charge in [0.2, 0.25) is 0 Å². The van der Waals surface area contributed by atoms with E-state index in [9.17, 15) is 13.2 Å². The molecule has 3 aromatic rings. The first kappa shape index (κ1) is 22.2. The quantitative estimate of drug-likeness (QED) is 0.410. The number of unbranched alkanes of at least 4 members (excludes halogenated alkanes) is 1. The Morgan fingerprint density at radius 2 is 1.13 bits per heavy atom. The van der Waals surface area contributed by atoms with Crippen molar-refractivity contribution >= 4 is 39.1 Å². The molecule has 0 saturated heterocycles. The normalized spacial score (nSPS) is 12.3. The monoisotopic (exact) mass is 441 g/mol. The van der Waals surface area contributed by atoms with E-state index in [0.717, 1.165) is 18.8 Å². The fourth-order valence-electron chi connectivity index (χ4n) is 4.03. The Hall–Kier alpha value is -2.49. The molecule has 0 aromatic heterocycles. The second kappa shape index (κ2) is 10.0. The summed E-state index contributed by atoms with van der Waals surface area (Å²) in [5, 5.41) is 4.01. The van der Waals surface area contributed by atoms with E-state index in [2.05, 4.69) is 77.5 Å². The van der Waals surface area contributed by atoms with Crippen LogP contribution in [-0.2, 0) is 14.8 Å². The van der Waals surface area contributed by atoms with Gasteiger partial charge in [-0.3, -0.25) is 0 Å². The molecule has 3 rings (SSSR count). The van der Waals surface area contributed by atoms with Gasteiger partial charge in [-0.15, -0.1) is 0 Å². The van der Waals surface area contributed by atoms with Crippen molar-refractivity contribution in [2.24, 2.45) is 0 Å². The maximum atomic E-state index is 11.9. The third-order valence-corrected chi connectivity index (χ3v) is 11.0. The van der Waals surface area contributed by atoms with E-state index in [1.807, 2.05) is 18.2 Å². The van der Waals surface area contributed by atoms with E-state index in [-0.39, 0.29) is 6.42 Å². The van der Waals surface area contributed by atoms with Crippen molar-refractivity contribution in [2.75, 3.05) is 12.4 Å². The Balaban J connectivity index is 1.93. The average Bonchev–Trinajstić information content (AvgIpc) is 2.75. The zero-order valence-corrected chi connectivity index (χ0v) is 18.9. The molecule has 30 heavy (non-hydrogen) atoms. The zero-order chi connectivity index (χ0) is 21.5. The van der Waals surface area contributed by atoms with Gasteiger partial charge in [0.1, 0.15) is 0 Å². The summed E-state index contributed by atoms with van der Waals surface area (Å²) in [6.45, 7) is 0. The van der Waals surface area contributed by atoms with Crippen LogP contribution < -0.4 is 20.6 Å². The molecule has 0 fully saturated rings. The van der Waals surface area contributed by atoms with Gasteiger partial charge in [-0.1, -0.05) is 0 Å². The van der Waals surface area contributed by atoms with Crippen LogP contribution in [0, 0.1) is 0 Å². The first-order valence-corrected chi connectivity index (χ1v) is 14.2. The molecular weight excluding hydrogens is 413 g/mol. The van der Waals surface area contributed by atoms with Crippen LogP contribution in [0.2, 0.25) is 0 Å². The number of sulfonamides is 1. The van der Waals surface area contributed by atoms with Gasteiger partial charge in [-0.2, -0.15) is 0 Å². The first-order valence-electron chi connectivity index (χ1n) is 10.1. The van der Waals surface area contributed by atoms with E-state index < -0.39 is 23.2 Å². The van der Waals surface area contributed by atoms with Crippen LogP contribution in [-0.4, -0.2) is 26.7 Å². The molecule has 0 aliphatic carbocycles. The Morgan fingerprint density at radius 1 is 0.733 bits per heavy atom. The predicted octanol–water partition coefficient (Wildman–Crippen LogP) is 2.96. The Morgan fingerprint density at radius 3 is 1.50 bits per heavy atom. The number of hydrogen-bond donors (Lipinski definition) is 1. The third-order valence-electron chi connectivity index (χ3n) is 5.30. The number of carbonyl (C=O) groups excluding carboxylic acids is 1. The zero-order valence-electron chi connectivity index (χ0n) is 17.1. The summed E-state index contributed by atoms with van der Waals surface area (Å²) in [4.78, 5) is 11.9. The summed E-state index contributed by atoms with van der Waals surface area (Å²) in [5.74, 6) is -0.441. The van der Waals surface area contributed by atoms with Crippen LogP contribution in [0.15, 0.2) is 91.0 Å². The number of hydrogen-bond acceptors (Lipinski definition) is 3. The second-order valence-corrected chi connectivity index (χ2v) is 13.3. The minimum absolute atomic E-state index is 0.204. The van der Waals surface area contributed by atoms with Gasteiger partial charge >= 0.3 is 180 Å². The summed E-state index contributed by atoms with van der Waals surface area (Å²) >= 11 is 0. The molecule has 0 atom stereocenters. The summed E-state index contributed by atoms with van der Waals surface area (Å²) in [6, 6.07) is 31.9. The second-order valence-electron chi connectivity index (χ2n) is 7.51. The summed E-state index contributed by atoms with van der Waals surface area (Å²) < 4.78 is 24.6. The van der Waals surface area contributed by atoms with Crippen molar-refractivity contribution in [2.45, 2.75) is 19.3 Å². The van der Waals surface area contributed by atoms with Gasteiger partial charge in [-0.25, -0.2) is 0 Å². The minimum atomic E-state index is -3.51. The molecule has 0 bridgehead atoms. The van der Waals surface area contributed by atoms with Crippen LogP contribution in [0.25, 0.3) is 0 Å². The maximum absolute atomic E-state index is 11.9. The molecule has 0 aliphatic rings. The topological polar surface area (TPSA) is 63.2 Å². The molecule has 158 valence electrons. The number of nitrogens with one attached hydrogen (secondary N) is 1. The van der Waals surface area contributed by atoms with Crippen LogP contribution in [0.3, 0.4) is 0 Å². The Bertz CT molecular complexity index is 959. The Labute approximate surface area is 179 Å². The van der Waals surface area contributed by atoms with Crippen LogP contribution in [0.1, 0.15) is 19.3 Å². The molecule has 0 heterocycles. The fourth-order valence-corrected chi connectivity index (χ4v) is 9.48. The third kappa shape index (κ3) is 5.56. The van der Waals surface area contributed by atoms with Gasteiger partial charge in [0.05, 0.1) is 0 Å². The molecule has 4 nitrogen and oxygen atoms in total. The van der Waals surface area contributed by atoms with Gasteiger partial charge in [0.25, 0.3) is 0 Å². The van der Waals surface area contributed by atoms with E-state index in [1.54, 1.807) is 0 Å². The van der Waals surface area contributed by atoms with Crippen molar-refractivity contribution in [3.05, 3.63) is 91.0 Å². The molecule has 0 radical (unpaired) electrons. The number of benzene rings is 3. The molecule has 0 unspecified atom stereocenters. The molecule has 6 heteroatoms. The van der Waals surface area contributed by atoms with Crippen LogP contribution >= 0.6 is 7.26 Å². The van der Waals surface area contributed by atoms with Gasteiger partial charge in [-0.05, 0) is 0 Å². The molecule has 3 aromatic carbocycles. The SMILES string of the molecule is CS(=O)(=O)NC(=O)CCCC[PH](c1ccccc1)(c1ccccc1)c1ccccc1. The van der Waals surface area contributed by atoms with Crippen LogP contribution in [0.5, 0.6) is 0 Å². The molecule has 1 N–H and O–H groups in total. The van der Waals surface area contributed by atoms with Crippen molar-refractivity contribution in [3.63, 3.8) is 0 Å². The van der Waals surface area contributed by atoms with Gasteiger partial charge in [0, 0.05) is 0 Å². The van der Waals surface area contributed by atoms with E-state index >= 15 is 0 Å². The summed E-state index contributed by atoms with van der Waals surface area (Å²) in [6.07, 6.45) is 3.63. The number of rotatable bonds is 9. The van der Waals surface area contributed by atoms with Crippen molar-refractivity contribution in [3.8, 4) is 0 Å². The molecule has 0 spiro atoms. The predicted molar refractivity (Wildman–Crippen MR) is 128 cm³/mol. The van der Waals surface area contributed by atoms with Crippen molar-refractivity contribution < 1.29 is 13.2 Å². The molecular formula is C24H28NO3PS. The van der Waals surface area contributed by atoms with E-state index in [0.29, 0.717) is 6.42 Å². The van der Waals surface area contributed by atoms with E-state index in [1.165, 1.54) is 15.9 Å². The molecule has 0 saturated carbocycles. The van der Waals surface area contributed by atoms with Gasteiger partial charge in [0.15, 0.2) is 0 Å². The summed E-state index contributed by atoms with van der Waals surface area (Å²) in [5.41, 5.74) is 0. The standard InChI is InChI=1S/C24H28NO3PS/c1-30(27,28)25-24(26)19-11-12-20-29(21-13-5-2-6-14-21,22-15-7-3-8-16-22)23-17-9-4-10-18-23/h2-10,13-18,29H,11-12,19-20H2,1H3,(H,25,26). The van der Waals surface area contributed by atoms with Crippen molar-refractivity contribution in [1.29, 1.82) is 0 Å². The fraction of sp³-hybridized carbons (Fsp3) is 0.208. The number of amides is 1. The first-order chi connectivity index (χ1) is 14.4. The Kier molecular flexibility index (Phi) is 7.41. The molecule has 0 aliphatic heterocycles. The van der Waals surface area contributed by atoms with E-state index in [4.69, 9.17) is 0 Å².